The van der Waals surface area contributed by atoms with E-state index < -0.39 is 11.9 Å². The van der Waals surface area contributed by atoms with Crippen LogP contribution >= 0.6 is 11.6 Å². The molecule has 0 heterocycles. The second kappa shape index (κ2) is 11.6. The molecule has 0 aliphatic rings. The zero-order valence-corrected chi connectivity index (χ0v) is 12.3. The largest absolute Gasteiger partial charge is 0.537 e. The van der Waals surface area contributed by atoms with Crippen molar-refractivity contribution in [3.63, 3.8) is 0 Å². The standard InChI is InChI=1S/C12H10N2O2.C3H5ClO/c1-13-12(14-2)11(15)9-16-8-10-6-4-3-5-7-10;1-2-3(4)5/h3-7,12H,8-9H2;2H2,1H3. The molecular formula is C15H15ClN2O3. The van der Waals surface area contributed by atoms with Gasteiger partial charge in [0.2, 0.25) is 5.24 Å². The van der Waals surface area contributed by atoms with Gasteiger partial charge < -0.3 is 4.74 Å². The number of Topliss-reactive ketones (excluding diaryl/α,β-unsaturated/α-hetero) is 1. The number of ether oxygens (including phenoxy) is 1. The Morgan fingerprint density at radius 1 is 1.24 bits per heavy atom. The second-order valence-electron chi connectivity index (χ2n) is 3.79. The van der Waals surface area contributed by atoms with Crippen LogP contribution in [0.15, 0.2) is 30.3 Å². The van der Waals surface area contributed by atoms with Gasteiger partial charge in [-0.2, -0.15) is 0 Å². The first-order valence-corrected chi connectivity index (χ1v) is 6.48. The molecule has 0 bridgehead atoms. The molecule has 0 aliphatic carbocycles. The number of carbonyl (C=O) groups is 2. The first kappa shape index (κ1) is 18.8. The van der Waals surface area contributed by atoms with Crippen LogP contribution in [0.5, 0.6) is 0 Å². The lowest BCUT2D eigenvalue weighted by Gasteiger charge is -2.01. The van der Waals surface area contributed by atoms with Crippen LogP contribution in [0.3, 0.4) is 0 Å². The van der Waals surface area contributed by atoms with Gasteiger partial charge in [0.1, 0.15) is 6.61 Å². The minimum Gasteiger partial charge on any atom is -0.368 e. The predicted molar refractivity (Wildman–Crippen MR) is 79.2 cm³/mol. The van der Waals surface area contributed by atoms with Gasteiger partial charge in [-0.1, -0.05) is 37.3 Å². The van der Waals surface area contributed by atoms with Crippen molar-refractivity contribution >= 4 is 22.6 Å². The van der Waals surface area contributed by atoms with E-state index in [1.54, 1.807) is 6.92 Å². The number of hydrogen-bond acceptors (Lipinski definition) is 3. The summed E-state index contributed by atoms with van der Waals surface area (Å²) in [5, 5.41) is -0.273. The molecule has 1 aromatic carbocycles. The summed E-state index contributed by atoms with van der Waals surface area (Å²) < 4.78 is 5.13. The molecule has 5 nitrogen and oxygen atoms in total. The fraction of sp³-hybridized carbons (Fsp3) is 0.333. The fourth-order valence-electron chi connectivity index (χ4n) is 1.09. The van der Waals surface area contributed by atoms with Crippen LogP contribution < -0.4 is 0 Å². The smallest absolute Gasteiger partial charge is 0.368 e. The number of benzene rings is 1. The Morgan fingerprint density at radius 2 is 1.76 bits per heavy atom. The quantitative estimate of drug-likeness (QED) is 0.599. The molecule has 0 saturated heterocycles. The van der Waals surface area contributed by atoms with Crippen molar-refractivity contribution < 1.29 is 14.3 Å². The van der Waals surface area contributed by atoms with Crippen LogP contribution in [0.25, 0.3) is 9.69 Å². The fourth-order valence-corrected chi connectivity index (χ4v) is 1.09. The van der Waals surface area contributed by atoms with Gasteiger partial charge in [-0.15, -0.1) is 0 Å². The Morgan fingerprint density at radius 3 is 2.19 bits per heavy atom. The van der Waals surface area contributed by atoms with E-state index >= 15 is 0 Å². The lowest BCUT2D eigenvalue weighted by Crippen LogP contribution is -2.18. The minimum absolute atomic E-state index is 0.190. The van der Waals surface area contributed by atoms with Crippen LogP contribution in [-0.4, -0.2) is 23.8 Å². The third-order valence-corrected chi connectivity index (χ3v) is 2.43. The van der Waals surface area contributed by atoms with E-state index in [1.807, 2.05) is 30.3 Å². The topological polar surface area (TPSA) is 52.1 Å². The Labute approximate surface area is 129 Å². The third-order valence-electron chi connectivity index (χ3n) is 2.17. The molecule has 0 atom stereocenters. The lowest BCUT2D eigenvalue weighted by atomic mass is 10.2. The molecule has 0 unspecified atom stereocenters. The maximum Gasteiger partial charge on any atom is 0.537 e. The van der Waals surface area contributed by atoms with Crippen LogP contribution in [0.4, 0.5) is 0 Å². The van der Waals surface area contributed by atoms with Crippen LogP contribution in [0, 0.1) is 13.1 Å². The molecule has 6 heteroatoms. The molecule has 110 valence electrons. The van der Waals surface area contributed by atoms with Crippen molar-refractivity contribution in [2.45, 2.75) is 26.1 Å². The summed E-state index contributed by atoms with van der Waals surface area (Å²) in [6.45, 7) is 15.1. The number of hydrogen-bond donors (Lipinski definition) is 0. The molecule has 21 heavy (non-hydrogen) atoms. The molecule has 0 saturated carbocycles. The van der Waals surface area contributed by atoms with Gasteiger partial charge >= 0.3 is 11.9 Å². The first-order chi connectivity index (χ1) is 10.0. The zero-order chi connectivity index (χ0) is 16.1. The van der Waals surface area contributed by atoms with E-state index in [0.29, 0.717) is 13.0 Å². The van der Waals surface area contributed by atoms with E-state index in [0.717, 1.165) is 5.56 Å². The first-order valence-electron chi connectivity index (χ1n) is 6.11. The molecule has 0 aliphatic heterocycles. The normalized spacial score (nSPS) is 9.00. The number of halogens is 1. The maximum absolute atomic E-state index is 11.2. The van der Waals surface area contributed by atoms with Gasteiger partial charge in [0, 0.05) is 6.42 Å². The van der Waals surface area contributed by atoms with Crippen LogP contribution in [0.2, 0.25) is 0 Å². The molecule has 1 rings (SSSR count). The Bertz CT molecular complexity index is 518. The van der Waals surface area contributed by atoms with E-state index in [-0.39, 0.29) is 11.8 Å². The van der Waals surface area contributed by atoms with Crippen LogP contribution in [-0.2, 0) is 20.9 Å². The molecule has 1 aromatic rings. The van der Waals surface area contributed by atoms with Gasteiger partial charge in [-0.3, -0.25) is 9.59 Å². The third kappa shape index (κ3) is 9.34. The summed E-state index contributed by atoms with van der Waals surface area (Å²) in [5.74, 6) is -0.485. The van der Waals surface area contributed by atoms with E-state index in [9.17, 15) is 9.59 Å². The van der Waals surface area contributed by atoms with Crippen molar-refractivity contribution in [2.75, 3.05) is 6.61 Å². The molecule has 0 N–H and O–H groups in total. The summed E-state index contributed by atoms with van der Waals surface area (Å²) in [4.78, 5) is 26.6. The van der Waals surface area contributed by atoms with Gasteiger partial charge in [0.05, 0.1) is 6.61 Å². The lowest BCUT2D eigenvalue weighted by molar-refractivity contribution is -0.123. The molecular weight excluding hydrogens is 292 g/mol. The zero-order valence-electron chi connectivity index (χ0n) is 11.6. The average molecular weight is 307 g/mol. The highest BCUT2D eigenvalue weighted by atomic mass is 35.5. The Hall–Kier alpha value is -2.21. The van der Waals surface area contributed by atoms with Gasteiger partial charge in [0.15, 0.2) is 0 Å². The highest BCUT2D eigenvalue weighted by molar-refractivity contribution is 6.63. The minimum atomic E-state index is -1.25. The summed E-state index contributed by atoms with van der Waals surface area (Å²) in [6.07, 6.45) is -0.822. The monoisotopic (exact) mass is 306 g/mol. The number of ketones is 1. The summed E-state index contributed by atoms with van der Waals surface area (Å²) >= 11 is 4.82. The summed E-state index contributed by atoms with van der Waals surface area (Å²) in [6, 6.07) is 9.41. The van der Waals surface area contributed by atoms with E-state index in [4.69, 9.17) is 29.5 Å². The number of nitrogens with zero attached hydrogens (tertiary/aromatic N) is 2. The Balaban J connectivity index is 0.000000690. The molecule has 0 radical (unpaired) electrons. The van der Waals surface area contributed by atoms with Gasteiger partial charge in [-0.05, 0) is 17.2 Å². The average Bonchev–Trinajstić information content (AvgIpc) is 2.50. The van der Waals surface area contributed by atoms with Gasteiger partial charge in [-0.25, -0.2) is 22.8 Å². The van der Waals surface area contributed by atoms with Crippen molar-refractivity contribution in [1.29, 1.82) is 0 Å². The molecule has 0 aromatic heterocycles. The van der Waals surface area contributed by atoms with Crippen molar-refractivity contribution in [3.8, 4) is 0 Å². The molecule has 0 spiro atoms. The number of carbonyl (C=O) groups excluding carboxylic acids is 2. The molecule has 0 fully saturated rings. The predicted octanol–water partition coefficient (Wildman–Crippen LogP) is 3.10. The van der Waals surface area contributed by atoms with Crippen molar-refractivity contribution in [2.24, 2.45) is 0 Å². The second-order valence-corrected chi connectivity index (χ2v) is 4.21. The van der Waals surface area contributed by atoms with Crippen molar-refractivity contribution in [1.82, 2.24) is 0 Å². The highest BCUT2D eigenvalue weighted by Crippen LogP contribution is 2.02. The van der Waals surface area contributed by atoms with E-state index in [2.05, 4.69) is 9.69 Å². The van der Waals surface area contributed by atoms with E-state index in [1.165, 1.54) is 0 Å². The van der Waals surface area contributed by atoms with Crippen LogP contribution in [0.1, 0.15) is 18.9 Å². The number of rotatable bonds is 6. The van der Waals surface area contributed by atoms with Crippen molar-refractivity contribution in [3.05, 3.63) is 58.7 Å². The van der Waals surface area contributed by atoms with Gasteiger partial charge in [0.25, 0.3) is 0 Å². The Kier molecular flexibility index (Phi) is 10.4. The molecule has 0 amide bonds. The SMILES string of the molecule is CCC(=O)Cl.[C-]#[N+]C([N+]#[C-])C(=O)COCc1ccccc1. The summed E-state index contributed by atoms with van der Waals surface area (Å²) in [7, 11) is 0. The summed E-state index contributed by atoms with van der Waals surface area (Å²) in [5.41, 5.74) is 0.956. The highest BCUT2D eigenvalue weighted by Gasteiger charge is 2.27. The maximum atomic E-state index is 11.2.